The number of aromatic nitrogens is 2. The highest BCUT2D eigenvalue weighted by Crippen LogP contribution is 2.43. The zero-order valence-corrected chi connectivity index (χ0v) is 9.44. The van der Waals surface area contributed by atoms with Crippen molar-refractivity contribution < 1.29 is 27.9 Å². The van der Waals surface area contributed by atoms with Crippen molar-refractivity contribution in [3.8, 4) is 0 Å². The summed E-state index contributed by atoms with van der Waals surface area (Å²) >= 11 is 0. The lowest BCUT2D eigenvalue weighted by Gasteiger charge is -2.06. The monoisotopic (exact) mass is 262 g/mol. The Labute approximate surface area is 101 Å². The molecule has 1 saturated carbocycles. The molecule has 1 N–H and O–H groups in total. The molecule has 0 radical (unpaired) electrons. The number of halogens is 2. The summed E-state index contributed by atoms with van der Waals surface area (Å²) in [4.78, 5) is 14.1. The fraction of sp³-hybridized carbons (Fsp3) is 0.700. The van der Waals surface area contributed by atoms with Gasteiger partial charge >= 0.3 is 5.97 Å². The molecule has 1 fully saturated rings. The molecule has 1 aromatic rings. The molecular weight excluding hydrogens is 250 g/mol. The van der Waals surface area contributed by atoms with E-state index in [1.807, 2.05) is 0 Å². The third kappa shape index (κ3) is 3.22. The predicted molar refractivity (Wildman–Crippen MR) is 53.1 cm³/mol. The molecule has 1 aromatic heterocycles. The van der Waals surface area contributed by atoms with Crippen LogP contribution in [0.25, 0.3) is 0 Å². The van der Waals surface area contributed by atoms with Crippen LogP contribution in [0.1, 0.15) is 36.9 Å². The van der Waals surface area contributed by atoms with E-state index in [0.717, 1.165) is 0 Å². The van der Waals surface area contributed by atoms with Crippen molar-refractivity contribution in [1.82, 2.24) is 10.1 Å². The number of nitrogens with zero attached hydrogens (tertiary/aromatic N) is 2. The van der Waals surface area contributed by atoms with E-state index in [4.69, 9.17) is 14.4 Å². The summed E-state index contributed by atoms with van der Waals surface area (Å²) in [6.07, 6.45) is -0.124. The highest BCUT2D eigenvalue weighted by Gasteiger charge is 2.41. The smallest absolute Gasteiger partial charge is 0.329 e. The average molecular weight is 262 g/mol. The van der Waals surface area contributed by atoms with Crippen LogP contribution in [-0.4, -0.2) is 33.7 Å². The molecule has 1 aliphatic rings. The van der Waals surface area contributed by atoms with Gasteiger partial charge in [0.05, 0.1) is 0 Å². The molecular formula is C10H12F2N2O4. The Morgan fingerprint density at radius 1 is 1.61 bits per heavy atom. The third-order valence-electron chi connectivity index (χ3n) is 2.70. The van der Waals surface area contributed by atoms with Crippen molar-refractivity contribution in [2.24, 2.45) is 0 Å². The quantitative estimate of drug-likeness (QED) is 0.866. The van der Waals surface area contributed by atoms with Crippen molar-refractivity contribution in [3.05, 3.63) is 11.7 Å². The Kier molecular flexibility index (Phi) is 3.55. The van der Waals surface area contributed by atoms with Crippen LogP contribution in [0.5, 0.6) is 0 Å². The minimum Gasteiger partial charge on any atom is -0.480 e. The van der Waals surface area contributed by atoms with Gasteiger partial charge in [-0.1, -0.05) is 5.16 Å². The molecule has 100 valence electrons. The van der Waals surface area contributed by atoms with E-state index in [1.54, 1.807) is 0 Å². The number of aliphatic carboxylic acids is 1. The van der Waals surface area contributed by atoms with Gasteiger partial charge in [-0.05, 0) is 6.42 Å². The molecule has 0 spiro atoms. The number of rotatable bonds is 5. The SMILES string of the molecule is O=C(O)COCc1nc(C2CCC(F)(F)C2)no1. The largest absolute Gasteiger partial charge is 0.480 e. The number of carbonyl (C=O) groups is 1. The first-order valence-corrected chi connectivity index (χ1v) is 5.46. The molecule has 0 bridgehead atoms. The number of carboxylic acid groups (broad SMARTS) is 1. The third-order valence-corrected chi connectivity index (χ3v) is 2.70. The van der Waals surface area contributed by atoms with Crippen molar-refractivity contribution >= 4 is 5.97 Å². The van der Waals surface area contributed by atoms with Gasteiger partial charge in [0.1, 0.15) is 13.2 Å². The van der Waals surface area contributed by atoms with Crippen LogP contribution in [0.15, 0.2) is 4.52 Å². The number of ether oxygens (including phenoxy) is 1. The summed E-state index contributed by atoms with van der Waals surface area (Å²) in [5.74, 6) is -3.84. The molecule has 0 saturated heterocycles. The van der Waals surface area contributed by atoms with Gasteiger partial charge in [0.25, 0.3) is 5.89 Å². The van der Waals surface area contributed by atoms with Crippen LogP contribution in [-0.2, 0) is 16.1 Å². The second kappa shape index (κ2) is 4.97. The van der Waals surface area contributed by atoms with Gasteiger partial charge in [0.15, 0.2) is 5.82 Å². The minimum atomic E-state index is -2.66. The number of hydrogen-bond acceptors (Lipinski definition) is 5. The first-order chi connectivity index (χ1) is 8.46. The van der Waals surface area contributed by atoms with E-state index in [2.05, 4.69) is 10.1 Å². The summed E-state index contributed by atoms with van der Waals surface area (Å²) in [5.41, 5.74) is 0. The lowest BCUT2D eigenvalue weighted by atomic mass is 10.1. The minimum absolute atomic E-state index is 0.0986. The van der Waals surface area contributed by atoms with Crippen molar-refractivity contribution in [3.63, 3.8) is 0 Å². The Morgan fingerprint density at radius 3 is 3.00 bits per heavy atom. The predicted octanol–water partition coefficient (Wildman–Crippen LogP) is 1.57. The first kappa shape index (κ1) is 12.9. The van der Waals surface area contributed by atoms with Gasteiger partial charge in [0, 0.05) is 18.8 Å². The summed E-state index contributed by atoms with van der Waals surface area (Å²) < 4.78 is 35.6. The molecule has 0 amide bonds. The van der Waals surface area contributed by atoms with E-state index in [-0.39, 0.29) is 31.2 Å². The van der Waals surface area contributed by atoms with Crippen molar-refractivity contribution in [2.45, 2.75) is 37.7 Å². The van der Waals surface area contributed by atoms with Crippen molar-refractivity contribution in [1.29, 1.82) is 0 Å². The fourth-order valence-corrected chi connectivity index (χ4v) is 1.89. The van der Waals surface area contributed by atoms with E-state index < -0.39 is 24.4 Å². The summed E-state index contributed by atoms with van der Waals surface area (Å²) in [7, 11) is 0. The maximum absolute atomic E-state index is 13.0. The lowest BCUT2D eigenvalue weighted by Crippen LogP contribution is -2.09. The van der Waals surface area contributed by atoms with Crippen LogP contribution in [0, 0.1) is 0 Å². The van der Waals surface area contributed by atoms with Crippen LogP contribution in [0.3, 0.4) is 0 Å². The molecule has 6 nitrogen and oxygen atoms in total. The van der Waals surface area contributed by atoms with Gasteiger partial charge in [0.2, 0.25) is 5.92 Å². The van der Waals surface area contributed by atoms with Crippen LogP contribution in [0.4, 0.5) is 8.78 Å². The Hall–Kier alpha value is -1.57. The number of carboxylic acids is 1. The fourth-order valence-electron chi connectivity index (χ4n) is 1.89. The molecule has 1 aliphatic carbocycles. The molecule has 0 aromatic carbocycles. The Bertz CT molecular complexity index is 435. The second-order valence-electron chi connectivity index (χ2n) is 4.23. The van der Waals surface area contributed by atoms with E-state index in [1.165, 1.54) is 0 Å². The van der Waals surface area contributed by atoms with Crippen LogP contribution < -0.4 is 0 Å². The topological polar surface area (TPSA) is 85.5 Å². The first-order valence-electron chi connectivity index (χ1n) is 5.46. The summed E-state index contributed by atoms with van der Waals surface area (Å²) in [6, 6.07) is 0. The highest BCUT2D eigenvalue weighted by molar-refractivity contribution is 5.67. The maximum atomic E-state index is 13.0. The molecule has 0 aliphatic heterocycles. The van der Waals surface area contributed by atoms with Gasteiger partial charge < -0.3 is 14.4 Å². The van der Waals surface area contributed by atoms with Crippen molar-refractivity contribution in [2.75, 3.05) is 6.61 Å². The Morgan fingerprint density at radius 2 is 2.39 bits per heavy atom. The lowest BCUT2D eigenvalue weighted by molar-refractivity contribution is -0.142. The normalized spacial score (nSPS) is 22.2. The summed E-state index contributed by atoms with van der Waals surface area (Å²) in [5, 5.41) is 12.0. The molecule has 1 heterocycles. The van der Waals surface area contributed by atoms with E-state index >= 15 is 0 Å². The molecule has 1 unspecified atom stereocenters. The highest BCUT2D eigenvalue weighted by atomic mass is 19.3. The van der Waals surface area contributed by atoms with Gasteiger partial charge in [-0.2, -0.15) is 4.98 Å². The Balaban J connectivity index is 1.88. The zero-order valence-electron chi connectivity index (χ0n) is 9.44. The van der Waals surface area contributed by atoms with E-state index in [0.29, 0.717) is 6.42 Å². The van der Waals surface area contributed by atoms with E-state index in [9.17, 15) is 13.6 Å². The second-order valence-corrected chi connectivity index (χ2v) is 4.23. The standard InChI is InChI=1S/C10H12F2N2O4/c11-10(12)2-1-6(3-10)9-13-7(18-14-9)4-17-5-8(15)16/h6H,1-5H2,(H,15,16). The maximum Gasteiger partial charge on any atom is 0.329 e. The number of hydrogen-bond donors (Lipinski definition) is 1. The van der Waals surface area contributed by atoms with Gasteiger partial charge in [-0.3, -0.25) is 0 Å². The zero-order chi connectivity index (χ0) is 13.2. The van der Waals surface area contributed by atoms with Crippen LogP contribution >= 0.6 is 0 Å². The molecule has 18 heavy (non-hydrogen) atoms. The average Bonchev–Trinajstić information content (AvgIpc) is 2.84. The van der Waals surface area contributed by atoms with Gasteiger partial charge in [-0.15, -0.1) is 0 Å². The number of alkyl halides is 2. The molecule has 8 heteroatoms. The van der Waals surface area contributed by atoms with Crippen LogP contribution in [0.2, 0.25) is 0 Å². The molecule has 1 atom stereocenters. The van der Waals surface area contributed by atoms with Gasteiger partial charge in [-0.25, -0.2) is 13.6 Å². The summed E-state index contributed by atoms with van der Waals surface area (Å²) in [6.45, 7) is -0.609. The molecule has 2 rings (SSSR count).